The molecule has 0 aromatic carbocycles. The summed E-state index contributed by atoms with van der Waals surface area (Å²) in [7, 11) is 1.42. The molecule has 0 N–H and O–H groups in total. The SMILES string of the molecule is COC(=O)C1CCN(C(=O)CC[n+]2ccc(C)cc2)CC1. The van der Waals surface area contributed by atoms with Crippen molar-refractivity contribution in [1.82, 2.24) is 4.90 Å². The van der Waals surface area contributed by atoms with Crippen molar-refractivity contribution in [3.63, 3.8) is 0 Å². The van der Waals surface area contributed by atoms with E-state index in [4.69, 9.17) is 4.74 Å². The first-order chi connectivity index (χ1) is 10.1. The highest BCUT2D eigenvalue weighted by atomic mass is 16.5. The summed E-state index contributed by atoms with van der Waals surface area (Å²) in [6, 6.07) is 4.07. The molecule has 1 aliphatic rings. The lowest BCUT2D eigenvalue weighted by Gasteiger charge is -2.30. The molecular weight excluding hydrogens is 268 g/mol. The maximum atomic E-state index is 12.2. The monoisotopic (exact) mass is 291 g/mol. The number of aryl methyl sites for hydroxylation is 2. The van der Waals surface area contributed by atoms with E-state index in [0.29, 0.717) is 38.9 Å². The fourth-order valence-electron chi connectivity index (χ4n) is 2.60. The Labute approximate surface area is 125 Å². The molecule has 0 spiro atoms. The van der Waals surface area contributed by atoms with Gasteiger partial charge in [-0.05, 0) is 25.3 Å². The largest absolute Gasteiger partial charge is 0.469 e. The van der Waals surface area contributed by atoms with Crippen molar-refractivity contribution < 1.29 is 18.9 Å². The minimum absolute atomic E-state index is 0.0504. The first-order valence-corrected chi connectivity index (χ1v) is 7.41. The van der Waals surface area contributed by atoms with Crippen molar-refractivity contribution in [2.75, 3.05) is 20.2 Å². The Balaban J connectivity index is 1.77. The van der Waals surface area contributed by atoms with Gasteiger partial charge in [-0.15, -0.1) is 0 Å². The van der Waals surface area contributed by atoms with Gasteiger partial charge in [0.1, 0.15) is 0 Å². The number of carbonyl (C=O) groups excluding carboxylic acids is 2. The van der Waals surface area contributed by atoms with E-state index in [1.165, 1.54) is 12.7 Å². The van der Waals surface area contributed by atoms with Crippen LogP contribution in [0.4, 0.5) is 0 Å². The van der Waals surface area contributed by atoms with Gasteiger partial charge in [0, 0.05) is 25.2 Å². The fourth-order valence-corrected chi connectivity index (χ4v) is 2.60. The van der Waals surface area contributed by atoms with Gasteiger partial charge >= 0.3 is 5.97 Å². The lowest BCUT2D eigenvalue weighted by molar-refractivity contribution is -0.696. The molecule has 5 nitrogen and oxygen atoms in total. The van der Waals surface area contributed by atoms with Crippen LogP contribution in [0, 0.1) is 12.8 Å². The van der Waals surface area contributed by atoms with Gasteiger partial charge in [-0.3, -0.25) is 9.59 Å². The Morgan fingerprint density at radius 2 is 1.90 bits per heavy atom. The molecule has 0 atom stereocenters. The number of likely N-dealkylation sites (tertiary alicyclic amines) is 1. The van der Waals surface area contributed by atoms with Crippen LogP contribution in [0.2, 0.25) is 0 Å². The predicted molar refractivity (Wildman–Crippen MR) is 77.3 cm³/mol. The van der Waals surface area contributed by atoms with E-state index in [-0.39, 0.29) is 17.8 Å². The molecule has 114 valence electrons. The normalized spacial score (nSPS) is 15.8. The van der Waals surface area contributed by atoms with Crippen molar-refractivity contribution in [2.45, 2.75) is 32.7 Å². The number of carbonyl (C=O) groups is 2. The number of rotatable bonds is 4. The molecule has 1 aromatic heterocycles. The zero-order chi connectivity index (χ0) is 15.2. The highest BCUT2D eigenvalue weighted by Gasteiger charge is 2.27. The Hall–Kier alpha value is -1.91. The van der Waals surface area contributed by atoms with E-state index in [0.717, 1.165) is 0 Å². The zero-order valence-electron chi connectivity index (χ0n) is 12.7. The Kier molecular flexibility index (Phi) is 5.31. The molecule has 1 fully saturated rings. The third-order valence-corrected chi connectivity index (χ3v) is 4.02. The van der Waals surface area contributed by atoms with Gasteiger partial charge in [-0.25, -0.2) is 4.57 Å². The second-order valence-electron chi connectivity index (χ2n) is 5.54. The van der Waals surface area contributed by atoms with Crippen LogP contribution in [0.25, 0.3) is 0 Å². The number of piperidine rings is 1. The smallest absolute Gasteiger partial charge is 0.308 e. The van der Waals surface area contributed by atoms with Gasteiger partial charge in [-0.1, -0.05) is 0 Å². The minimum atomic E-state index is -0.155. The number of nitrogens with zero attached hydrogens (tertiary/aromatic N) is 2. The first kappa shape index (κ1) is 15.5. The maximum Gasteiger partial charge on any atom is 0.308 e. The molecule has 5 heteroatoms. The molecule has 2 rings (SSSR count). The summed E-state index contributed by atoms with van der Waals surface area (Å²) in [6.45, 7) is 4.03. The van der Waals surface area contributed by atoms with Crippen molar-refractivity contribution in [2.24, 2.45) is 5.92 Å². The average molecular weight is 291 g/mol. The van der Waals surface area contributed by atoms with Crippen molar-refractivity contribution in [3.05, 3.63) is 30.1 Å². The molecule has 1 aliphatic heterocycles. The third-order valence-electron chi connectivity index (χ3n) is 4.02. The fraction of sp³-hybridized carbons (Fsp3) is 0.562. The van der Waals surface area contributed by atoms with E-state index in [1.54, 1.807) is 0 Å². The quantitative estimate of drug-likeness (QED) is 0.616. The predicted octanol–water partition coefficient (Wildman–Crippen LogP) is 1.08. The Morgan fingerprint density at radius 3 is 2.48 bits per heavy atom. The van der Waals surface area contributed by atoms with E-state index >= 15 is 0 Å². The maximum absolute atomic E-state index is 12.2. The highest BCUT2D eigenvalue weighted by Crippen LogP contribution is 2.18. The number of methoxy groups -OCH3 is 1. The van der Waals surface area contributed by atoms with Crippen LogP contribution in [0.3, 0.4) is 0 Å². The molecule has 2 heterocycles. The van der Waals surface area contributed by atoms with Crippen LogP contribution in [0.15, 0.2) is 24.5 Å². The summed E-state index contributed by atoms with van der Waals surface area (Å²) < 4.78 is 6.77. The second kappa shape index (κ2) is 7.20. The van der Waals surface area contributed by atoms with Gasteiger partial charge in [0.2, 0.25) is 5.91 Å². The standard InChI is InChI=1S/C16H23N2O3/c1-13-3-8-17(9-4-13)10-7-15(19)18-11-5-14(6-12-18)16(20)21-2/h3-4,8-9,14H,5-7,10-12H2,1-2H3/q+1. The average Bonchev–Trinajstić information content (AvgIpc) is 2.53. The molecule has 1 aromatic rings. The van der Waals surface area contributed by atoms with Crippen molar-refractivity contribution in [3.8, 4) is 0 Å². The van der Waals surface area contributed by atoms with Crippen LogP contribution in [-0.2, 0) is 20.9 Å². The Bertz CT molecular complexity index is 491. The molecule has 1 saturated heterocycles. The molecular formula is C16H23N2O3+. The van der Waals surface area contributed by atoms with Crippen LogP contribution < -0.4 is 4.57 Å². The molecule has 0 aliphatic carbocycles. The van der Waals surface area contributed by atoms with Crippen LogP contribution in [-0.4, -0.2) is 37.0 Å². The number of hydrogen-bond donors (Lipinski definition) is 0. The number of ether oxygens (including phenoxy) is 1. The number of esters is 1. The van der Waals surface area contributed by atoms with Gasteiger partial charge in [-0.2, -0.15) is 0 Å². The number of hydrogen-bond acceptors (Lipinski definition) is 3. The Morgan fingerprint density at radius 1 is 1.29 bits per heavy atom. The number of amides is 1. The first-order valence-electron chi connectivity index (χ1n) is 7.41. The van der Waals surface area contributed by atoms with Gasteiger partial charge in [0.25, 0.3) is 0 Å². The molecule has 1 amide bonds. The summed E-state index contributed by atoms with van der Waals surface area (Å²) in [5, 5.41) is 0. The van der Waals surface area contributed by atoms with Gasteiger partial charge in [0.05, 0.1) is 19.4 Å². The lowest BCUT2D eigenvalue weighted by Crippen LogP contribution is -2.42. The molecule has 0 saturated carbocycles. The topological polar surface area (TPSA) is 50.5 Å². The molecule has 0 radical (unpaired) electrons. The van der Waals surface area contributed by atoms with Gasteiger partial charge < -0.3 is 9.64 Å². The van der Waals surface area contributed by atoms with Crippen LogP contribution in [0.5, 0.6) is 0 Å². The third kappa shape index (κ3) is 4.28. The van der Waals surface area contributed by atoms with E-state index in [1.807, 2.05) is 40.9 Å². The van der Waals surface area contributed by atoms with Crippen molar-refractivity contribution in [1.29, 1.82) is 0 Å². The summed E-state index contributed by atoms with van der Waals surface area (Å²) in [5.74, 6) is -0.0470. The van der Waals surface area contributed by atoms with E-state index < -0.39 is 0 Å². The van der Waals surface area contributed by atoms with Crippen LogP contribution >= 0.6 is 0 Å². The molecule has 21 heavy (non-hydrogen) atoms. The minimum Gasteiger partial charge on any atom is -0.469 e. The molecule has 0 unspecified atom stereocenters. The number of pyridine rings is 1. The van der Waals surface area contributed by atoms with E-state index in [2.05, 4.69) is 0 Å². The summed E-state index contributed by atoms with van der Waals surface area (Å²) in [4.78, 5) is 25.5. The van der Waals surface area contributed by atoms with Crippen molar-refractivity contribution >= 4 is 11.9 Å². The second-order valence-corrected chi connectivity index (χ2v) is 5.54. The molecule has 0 bridgehead atoms. The van der Waals surface area contributed by atoms with Gasteiger partial charge in [0.15, 0.2) is 18.9 Å². The summed E-state index contributed by atoms with van der Waals surface area (Å²) in [6.07, 6.45) is 5.89. The number of aromatic nitrogens is 1. The summed E-state index contributed by atoms with van der Waals surface area (Å²) >= 11 is 0. The van der Waals surface area contributed by atoms with E-state index in [9.17, 15) is 9.59 Å². The highest BCUT2D eigenvalue weighted by molar-refractivity contribution is 5.77. The zero-order valence-corrected chi connectivity index (χ0v) is 12.7. The lowest BCUT2D eigenvalue weighted by atomic mass is 9.97. The summed E-state index contributed by atoms with van der Waals surface area (Å²) in [5.41, 5.74) is 1.21. The van der Waals surface area contributed by atoms with Crippen LogP contribution in [0.1, 0.15) is 24.8 Å².